The minimum atomic E-state index is 0.217. The molecule has 0 saturated heterocycles. The van der Waals surface area contributed by atoms with Crippen molar-refractivity contribution in [1.82, 2.24) is 15.0 Å². The van der Waals surface area contributed by atoms with E-state index in [0.717, 1.165) is 5.52 Å². The van der Waals surface area contributed by atoms with Crippen LogP contribution in [0.25, 0.3) is 11.2 Å². The molecule has 0 aliphatic rings. The van der Waals surface area contributed by atoms with Crippen molar-refractivity contribution >= 4 is 16.9 Å². The summed E-state index contributed by atoms with van der Waals surface area (Å²) in [5, 5.41) is 8.58. The fourth-order valence-corrected chi connectivity index (χ4v) is 0.976. The van der Waals surface area contributed by atoms with Crippen molar-refractivity contribution in [2.45, 2.75) is 0 Å². The summed E-state index contributed by atoms with van der Waals surface area (Å²) < 4.78 is 0. The van der Waals surface area contributed by atoms with Crippen LogP contribution in [0.1, 0.15) is 5.69 Å². The number of nitrogens with two attached hydrogens (primary N) is 1. The van der Waals surface area contributed by atoms with Crippen molar-refractivity contribution in [3.05, 3.63) is 18.1 Å². The Hall–Kier alpha value is -2.09. The number of imidazole rings is 1. The number of aromatic nitrogens is 3. The summed E-state index contributed by atoms with van der Waals surface area (Å²) >= 11 is 0. The van der Waals surface area contributed by atoms with Gasteiger partial charge in [-0.15, -0.1) is 0 Å². The van der Waals surface area contributed by atoms with Gasteiger partial charge in [-0.2, -0.15) is 5.26 Å². The topological polar surface area (TPSA) is 91.4 Å². The standard InChI is InChI=1S/C7H5N5/c8-2-6-4(9)1-5-7(12-6)11-3-10-5/h1,3H,9H2,(H,10,11,12). The van der Waals surface area contributed by atoms with Gasteiger partial charge in [-0.3, -0.25) is 0 Å². The van der Waals surface area contributed by atoms with Crippen molar-refractivity contribution in [2.24, 2.45) is 0 Å². The first-order valence-electron chi connectivity index (χ1n) is 3.31. The van der Waals surface area contributed by atoms with Crippen molar-refractivity contribution in [2.75, 3.05) is 5.73 Å². The minimum absolute atomic E-state index is 0.217. The molecule has 2 aromatic rings. The number of rotatable bonds is 0. The van der Waals surface area contributed by atoms with Gasteiger partial charge in [-0.1, -0.05) is 0 Å². The lowest BCUT2D eigenvalue weighted by atomic mass is 10.3. The maximum atomic E-state index is 8.58. The summed E-state index contributed by atoms with van der Waals surface area (Å²) in [7, 11) is 0. The molecule has 0 fully saturated rings. The first-order chi connectivity index (χ1) is 5.81. The molecule has 0 radical (unpaired) electrons. The normalized spacial score (nSPS) is 9.92. The van der Waals surface area contributed by atoms with Crippen LogP contribution >= 0.6 is 0 Å². The van der Waals surface area contributed by atoms with Crippen molar-refractivity contribution in [1.29, 1.82) is 5.26 Å². The largest absolute Gasteiger partial charge is 0.396 e. The Bertz CT molecular complexity index is 464. The summed E-state index contributed by atoms with van der Waals surface area (Å²) in [6.45, 7) is 0. The van der Waals surface area contributed by atoms with Crippen LogP contribution in [0.5, 0.6) is 0 Å². The number of nitriles is 1. The summed E-state index contributed by atoms with van der Waals surface area (Å²) in [5.41, 5.74) is 7.37. The van der Waals surface area contributed by atoms with Crippen LogP contribution < -0.4 is 5.73 Å². The fraction of sp³-hybridized carbons (Fsp3) is 0. The Labute approximate surface area is 67.9 Å². The maximum Gasteiger partial charge on any atom is 0.178 e. The number of fused-ring (bicyclic) bond motifs is 1. The minimum Gasteiger partial charge on any atom is -0.396 e. The lowest BCUT2D eigenvalue weighted by Crippen LogP contribution is -1.93. The van der Waals surface area contributed by atoms with Gasteiger partial charge in [0, 0.05) is 0 Å². The van der Waals surface area contributed by atoms with Crippen molar-refractivity contribution < 1.29 is 0 Å². The average Bonchev–Trinajstić information content (AvgIpc) is 2.49. The SMILES string of the molecule is N#Cc1nc2nc[nH]c2cc1N. The predicted octanol–water partition coefficient (Wildman–Crippen LogP) is 0.412. The van der Waals surface area contributed by atoms with E-state index in [0.29, 0.717) is 11.3 Å². The highest BCUT2D eigenvalue weighted by Gasteiger charge is 2.03. The fourth-order valence-electron chi connectivity index (χ4n) is 0.976. The molecule has 5 heteroatoms. The van der Waals surface area contributed by atoms with Gasteiger partial charge in [0.1, 0.15) is 6.07 Å². The van der Waals surface area contributed by atoms with Crippen molar-refractivity contribution in [3.63, 3.8) is 0 Å². The highest BCUT2D eigenvalue weighted by molar-refractivity contribution is 5.76. The van der Waals surface area contributed by atoms with Crippen LogP contribution in [0.4, 0.5) is 5.69 Å². The molecule has 5 nitrogen and oxygen atoms in total. The van der Waals surface area contributed by atoms with Gasteiger partial charge in [0.05, 0.1) is 17.5 Å². The van der Waals surface area contributed by atoms with Crippen LogP contribution in [0.2, 0.25) is 0 Å². The molecule has 0 aliphatic carbocycles. The summed E-state index contributed by atoms with van der Waals surface area (Å²) in [5.74, 6) is 0. The first-order valence-corrected chi connectivity index (χ1v) is 3.31. The molecule has 0 bridgehead atoms. The molecular formula is C7H5N5. The van der Waals surface area contributed by atoms with Gasteiger partial charge in [0.25, 0.3) is 0 Å². The van der Waals surface area contributed by atoms with E-state index in [4.69, 9.17) is 11.0 Å². The second-order valence-electron chi connectivity index (χ2n) is 2.31. The average molecular weight is 159 g/mol. The van der Waals surface area contributed by atoms with Gasteiger partial charge >= 0.3 is 0 Å². The van der Waals surface area contributed by atoms with Crippen LogP contribution in [0.15, 0.2) is 12.4 Å². The molecule has 3 N–H and O–H groups in total. The third kappa shape index (κ3) is 0.787. The summed E-state index contributed by atoms with van der Waals surface area (Å²) in [4.78, 5) is 10.7. The Morgan fingerprint density at radius 3 is 3.17 bits per heavy atom. The third-order valence-electron chi connectivity index (χ3n) is 1.54. The Balaban J connectivity index is 2.84. The highest BCUT2D eigenvalue weighted by Crippen LogP contribution is 2.13. The van der Waals surface area contributed by atoms with Gasteiger partial charge < -0.3 is 10.7 Å². The Morgan fingerprint density at radius 1 is 1.58 bits per heavy atom. The third-order valence-corrected chi connectivity index (χ3v) is 1.54. The summed E-state index contributed by atoms with van der Waals surface area (Å²) in [6, 6.07) is 3.53. The zero-order valence-corrected chi connectivity index (χ0v) is 6.07. The van der Waals surface area contributed by atoms with Gasteiger partial charge in [0.2, 0.25) is 0 Å². The molecule has 0 amide bonds. The number of hydrogen-bond donors (Lipinski definition) is 2. The zero-order valence-electron chi connectivity index (χ0n) is 6.07. The lowest BCUT2D eigenvalue weighted by Gasteiger charge is -1.94. The van der Waals surface area contributed by atoms with Gasteiger partial charge in [-0.25, -0.2) is 9.97 Å². The number of nitrogen functional groups attached to an aromatic ring is 1. The number of hydrogen-bond acceptors (Lipinski definition) is 4. The first kappa shape index (κ1) is 6.61. The number of anilines is 1. The molecule has 2 aromatic heterocycles. The van der Waals surface area contributed by atoms with Gasteiger partial charge in [0.15, 0.2) is 11.3 Å². The molecule has 0 unspecified atom stereocenters. The molecule has 0 aliphatic heterocycles. The van der Waals surface area contributed by atoms with E-state index in [1.807, 2.05) is 6.07 Å². The Kier molecular flexibility index (Phi) is 1.21. The molecule has 2 heterocycles. The number of aromatic amines is 1. The van der Waals surface area contributed by atoms with E-state index in [1.165, 1.54) is 6.33 Å². The van der Waals surface area contributed by atoms with E-state index in [-0.39, 0.29) is 5.69 Å². The molecule has 0 aromatic carbocycles. The predicted molar refractivity (Wildman–Crippen MR) is 43.0 cm³/mol. The lowest BCUT2D eigenvalue weighted by molar-refractivity contribution is 1.27. The second kappa shape index (κ2) is 2.20. The number of pyridine rings is 1. The zero-order chi connectivity index (χ0) is 8.55. The maximum absolute atomic E-state index is 8.58. The van der Waals surface area contributed by atoms with Crippen LogP contribution in [0, 0.1) is 11.3 Å². The van der Waals surface area contributed by atoms with E-state index in [9.17, 15) is 0 Å². The number of H-pyrrole nitrogens is 1. The van der Waals surface area contributed by atoms with Crippen LogP contribution in [0.3, 0.4) is 0 Å². The Morgan fingerprint density at radius 2 is 2.42 bits per heavy atom. The van der Waals surface area contributed by atoms with Crippen molar-refractivity contribution in [3.8, 4) is 6.07 Å². The van der Waals surface area contributed by atoms with E-state index < -0.39 is 0 Å². The van der Waals surface area contributed by atoms with E-state index in [2.05, 4.69) is 15.0 Å². The van der Waals surface area contributed by atoms with Crippen LogP contribution in [-0.2, 0) is 0 Å². The highest BCUT2D eigenvalue weighted by atomic mass is 15.0. The monoisotopic (exact) mass is 159 g/mol. The molecule has 12 heavy (non-hydrogen) atoms. The molecular weight excluding hydrogens is 154 g/mol. The van der Waals surface area contributed by atoms with Crippen LogP contribution in [-0.4, -0.2) is 15.0 Å². The molecule has 0 spiro atoms. The molecule has 0 atom stereocenters. The smallest absolute Gasteiger partial charge is 0.178 e. The number of nitrogens with zero attached hydrogens (tertiary/aromatic N) is 3. The molecule has 2 rings (SSSR count). The second-order valence-corrected chi connectivity index (χ2v) is 2.31. The number of nitrogens with one attached hydrogen (secondary N) is 1. The summed E-state index contributed by atoms with van der Waals surface area (Å²) in [6.07, 6.45) is 1.51. The molecule has 58 valence electrons. The van der Waals surface area contributed by atoms with Gasteiger partial charge in [-0.05, 0) is 6.07 Å². The quantitative estimate of drug-likeness (QED) is 0.582. The molecule has 0 saturated carbocycles. The van der Waals surface area contributed by atoms with E-state index >= 15 is 0 Å². The van der Waals surface area contributed by atoms with E-state index in [1.54, 1.807) is 6.07 Å².